The van der Waals surface area contributed by atoms with E-state index in [1.165, 1.54) is 6.07 Å². The lowest BCUT2D eigenvalue weighted by Gasteiger charge is -2.15. The van der Waals surface area contributed by atoms with Crippen LogP contribution in [-0.4, -0.2) is 17.7 Å². The molecule has 2 rings (SSSR count). The summed E-state index contributed by atoms with van der Waals surface area (Å²) in [5.74, 6) is 0.436. The van der Waals surface area contributed by atoms with Crippen molar-refractivity contribution in [2.75, 3.05) is 17.2 Å². The number of aromatic hydroxyl groups is 1. The van der Waals surface area contributed by atoms with Crippen LogP contribution < -0.4 is 10.6 Å². The van der Waals surface area contributed by atoms with Crippen LogP contribution in [0.5, 0.6) is 5.75 Å². The van der Waals surface area contributed by atoms with Crippen molar-refractivity contribution in [1.82, 2.24) is 0 Å². The summed E-state index contributed by atoms with van der Waals surface area (Å²) in [7, 11) is 0. The molecule has 0 unspecified atom stereocenters. The summed E-state index contributed by atoms with van der Waals surface area (Å²) in [6, 6.07) is 14.5. The molecule has 5 heteroatoms. The van der Waals surface area contributed by atoms with Gasteiger partial charge >= 0.3 is 6.09 Å². The summed E-state index contributed by atoms with van der Waals surface area (Å²) < 4.78 is 5.18. The molecule has 0 aliphatic rings. The minimum absolute atomic E-state index is 0.00424. The van der Waals surface area contributed by atoms with Crippen molar-refractivity contribution >= 4 is 17.5 Å². The maximum absolute atomic E-state index is 12.0. The molecule has 23 heavy (non-hydrogen) atoms. The standard InChI is InChI=1S/C18H22N2O3/c1-13(2)11-19-15-9-6-10-16(21)17(15)20-18(22)23-12-14-7-4-3-5-8-14/h3-10,13,19,21H,11-12H2,1-2H3,(H,20,22). The highest BCUT2D eigenvalue weighted by Gasteiger charge is 2.12. The number of carbonyl (C=O) groups is 1. The van der Waals surface area contributed by atoms with Crippen LogP contribution in [0, 0.1) is 5.92 Å². The lowest BCUT2D eigenvalue weighted by Crippen LogP contribution is -2.16. The van der Waals surface area contributed by atoms with Gasteiger partial charge in [0.1, 0.15) is 18.0 Å². The number of carbonyl (C=O) groups excluding carboxylic acids is 1. The first-order valence-electron chi connectivity index (χ1n) is 7.60. The van der Waals surface area contributed by atoms with Crippen molar-refractivity contribution < 1.29 is 14.6 Å². The van der Waals surface area contributed by atoms with Crippen molar-refractivity contribution in [1.29, 1.82) is 0 Å². The van der Waals surface area contributed by atoms with Gasteiger partial charge in [0.2, 0.25) is 0 Å². The van der Waals surface area contributed by atoms with E-state index in [9.17, 15) is 9.90 Å². The minimum atomic E-state index is -0.608. The van der Waals surface area contributed by atoms with E-state index in [1.807, 2.05) is 30.3 Å². The molecule has 2 aromatic rings. The molecule has 3 N–H and O–H groups in total. The molecule has 2 aromatic carbocycles. The topological polar surface area (TPSA) is 70.6 Å². The number of hydrogen-bond acceptors (Lipinski definition) is 4. The summed E-state index contributed by atoms with van der Waals surface area (Å²) >= 11 is 0. The zero-order valence-electron chi connectivity index (χ0n) is 13.4. The number of amides is 1. The summed E-state index contributed by atoms with van der Waals surface area (Å²) in [6.07, 6.45) is -0.608. The average molecular weight is 314 g/mol. The Hall–Kier alpha value is -2.69. The summed E-state index contributed by atoms with van der Waals surface area (Å²) in [5.41, 5.74) is 1.89. The fourth-order valence-corrected chi connectivity index (χ4v) is 1.99. The van der Waals surface area contributed by atoms with Gasteiger partial charge in [-0.1, -0.05) is 50.2 Å². The van der Waals surface area contributed by atoms with Gasteiger partial charge in [-0.2, -0.15) is 0 Å². The summed E-state index contributed by atoms with van der Waals surface area (Å²) in [5, 5.41) is 15.8. The van der Waals surface area contributed by atoms with Crippen LogP contribution in [0.4, 0.5) is 16.2 Å². The summed E-state index contributed by atoms with van der Waals surface area (Å²) in [4.78, 5) is 12.0. The van der Waals surface area contributed by atoms with E-state index in [-0.39, 0.29) is 12.4 Å². The molecule has 0 aliphatic carbocycles. The molecule has 0 heterocycles. The third kappa shape index (κ3) is 5.21. The van der Waals surface area contributed by atoms with Crippen LogP contribution in [0.25, 0.3) is 0 Å². The van der Waals surface area contributed by atoms with Gasteiger partial charge in [0.25, 0.3) is 0 Å². The molecule has 0 saturated carbocycles. The van der Waals surface area contributed by atoms with Crippen LogP contribution in [0.1, 0.15) is 19.4 Å². The number of hydrogen-bond donors (Lipinski definition) is 3. The van der Waals surface area contributed by atoms with Crippen molar-refractivity contribution in [2.24, 2.45) is 5.92 Å². The van der Waals surface area contributed by atoms with Gasteiger partial charge in [0, 0.05) is 6.54 Å². The second kappa shape index (κ2) is 8.08. The van der Waals surface area contributed by atoms with E-state index in [1.54, 1.807) is 12.1 Å². The number of nitrogens with one attached hydrogen (secondary N) is 2. The largest absolute Gasteiger partial charge is 0.506 e. The van der Waals surface area contributed by atoms with E-state index >= 15 is 0 Å². The van der Waals surface area contributed by atoms with E-state index in [4.69, 9.17) is 4.74 Å². The second-order valence-corrected chi connectivity index (χ2v) is 5.66. The smallest absolute Gasteiger partial charge is 0.412 e. The number of phenols is 1. The van der Waals surface area contributed by atoms with Crippen molar-refractivity contribution in [3.63, 3.8) is 0 Å². The number of ether oxygens (including phenoxy) is 1. The van der Waals surface area contributed by atoms with Gasteiger partial charge in [0.15, 0.2) is 0 Å². The maximum atomic E-state index is 12.0. The Labute approximate surface area is 136 Å². The first-order valence-corrected chi connectivity index (χ1v) is 7.60. The molecule has 0 saturated heterocycles. The lowest BCUT2D eigenvalue weighted by molar-refractivity contribution is 0.155. The highest BCUT2D eigenvalue weighted by atomic mass is 16.5. The van der Waals surface area contributed by atoms with Crippen molar-refractivity contribution in [3.05, 3.63) is 54.1 Å². The molecule has 0 fully saturated rings. The van der Waals surface area contributed by atoms with E-state index in [0.29, 0.717) is 17.3 Å². The summed E-state index contributed by atoms with van der Waals surface area (Å²) in [6.45, 7) is 5.07. The zero-order chi connectivity index (χ0) is 16.7. The Balaban J connectivity index is 1.99. The van der Waals surface area contributed by atoms with Crippen LogP contribution in [-0.2, 0) is 11.3 Å². The quantitative estimate of drug-likeness (QED) is 0.699. The highest BCUT2D eigenvalue weighted by molar-refractivity contribution is 5.92. The fourth-order valence-electron chi connectivity index (χ4n) is 1.99. The van der Waals surface area contributed by atoms with Gasteiger partial charge in [-0.05, 0) is 23.6 Å². The number of phenolic OH excluding ortho intramolecular Hbond substituents is 1. The molecule has 122 valence electrons. The minimum Gasteiger partial charge on any atom is -0.506 e. The van der Waals surface area contributed by atoms with Crippen LogP contribution in [0.15, 0.2) is 48.5 Å². The lowest BCUT2D eigenvalue weighted by atomic mass is 10.2. The van der Waals surface area contributed by atoms with Crippen LogP contribution in [0.2, 0.25) is 0 Å². The number of para-hydroxylation sites is 1. The third-order valence-corrected chi connectivity index (χ3v) is 3.18. The predicted molar refractivity (Wildman–Crippen MR) is 91.7 cm³/mol. The first-order chi connectivity index (χ1) is 11.1. The molecule has 0 radical (unpaired) electrons. The molecule has 0 atom stereocenters. The van der Waals surface area contributed by atoms with E-state index in [0.717, 1.165) is 12.1 Å². The van der Waals surface area contributed by atoms with Crippen LogP contribution >= 0.6 is 0 Å². The molecule has 1 amide bonds. The second-order valence-electron chi connectivity index (χ2n) is 5.66. The normalized spacial score (nSPS) is 10.4. The Kier molecular flexibility index (Phi) is 5.86. The Morgan fingerprint density at radius 2 is 1.87 bits per heavy atom. The number of rotatable bonds is 6. The molecule has 0 aliphatic heterocycles. The Bertz CT molecular complexity index is 642. The van der Waals surface area contributed by atoms with Gasteiger partial charge < -0.3 is 15.2 Å². The average Bonchev–Trinajstić information content (AvgIpc) is 2.54. The van der Waals surface area contributed by atoms with Crippen LogP contribution in [0.3, 0.4) is 0 Å². The monoisotopic (exact) mass is 314 g/mol. The fraction of sp³-hybridized carbons (Fsp3) is 0.278. The Morgan fingerprint density at radius 1 is 1.13 bits per heavy atom. The number of benzene rings is 2. The van der Waals surface area contributed by atoms with Gasteiger partial charge in [-0.15, -0.1) is 0 Å². The Morgan fingerprint density at radius 3 is 2.57 bits per heavy atom. The predicted octanol–water partition coefficient (Wildman–Crippen LogP) is 4.21. The van der Waals surface area contributed by atoms with Crippen molar-refractivity contribution in [3.8, 4) is 5.75 Å². The molecule has 0 aromatic heterocycles. The SMILES string of the molecule is CC(C)CNc1cccc(O)c1NC(=O)OCc1ccccc1. The van der Waals surface area contributed by atoms with Gasteiger partial charge in [-0.3, -0.25) is 5.32 Å². The van der Waals surface area contributed by atoms with Crippen molar-refractivity contribution in [2.45, 2.75) is 20.5 Å². The molecule has 0 spiro atoms. The highest BCUT2D eigenvalue weighted by Crippen LogP contribution is 2.31. The molecule has 0 bridgehead atoms. The van der Waals surface area contributed by atoms with Gasteiger partial charge in [-0.25, -0.2) is 4.79 Å². The molecule has 5 nitrogen and oxygen atoms in total. The third-order valence-electron chi connectivity index (χ3n) is 3.18. The van der Waals surface area contributed by atoms with E-state index in [2.05, 4.69) is 24.5 Å². The first kappa shape index (κ1) is 16.7. The number of anilines is 2. The maximum Gasteiger partial charge on any atom is 0.412 e. The van der Waals surface area contributed by atoms with E-state index < -0.39 is 6.09 Å². The van der Waals surface area contributed by atoms with Gasteiger partial charge in [0.05, 0.1) is 5.69 Å². The molecular formula is C18H22N2O3. The zero-order valence-corrected chi connectivity index (χ0v) is 13.4. The molecular weight excluding hydrogens is 292 g/mol.